The van der Waals surface area contributed by atoms with Crippen LogP contribution in [-0.2, 0) is 11.3 Å². The molecule has 1 aromatic carbocycles. The van der Waals surface area contributed by atoms with Crippen molar-refractivity contribution in [3.63, 3.8) is 0 Å². The zero-order chi connectivity index (χ0) is 16.8. The Bertz CT molecular complexity index is 661. The van der Waals surface area contributed by atoms with Gasteiger partial charge >= 0.3 is 0 Å². The molecule has 5 nitrogen and oxygen atoms in total. The summed E-state index contributed by atoms with van der Waals surface area (Å²) in [6.45, 7) is 0.760. The molecule has 1 aliphatic rings. The normalized spacial score (nSPS) is 17.0. The molecule has 1 saturated carbocycles. The maximum Gasteiger partial charge on any atom is 0.222 e. The minimum absolute atomic E-state index is 0.0665. The van der Waals surface area contributed by atoms with Crippen molar-refractivity contribution in [2.75, 3.05) is 6.61 Å². The van der Waals surface area contributed by atoms with E-state index in [9.17, 15) is 9.90 Å². The molecule has 3 rings (SSSR count). The molecule has 0 radical (unpaired) electrons. The van der Waals surface area contributed by atoms with E-state index in [1.165, 1.54) is 19.3 Å². The van der Waals surface area contributed by atoms with Crippen LogP contribution in [0.4, 0.5) is 0 Å². The molecule has 0 saturated heterocycles. The van der Waals surface area contributed by atoms with E-state index >= 15 is 0 Å². The van der Waals surface area contributed by atoms with E-state index in [2.05, 4.69) is 10.3 Å². The van der Waals surface area contributed by atoms with Gasteiger partial charge in [0.2, 0.25) is 5.91 Å². The van der Waals surface area contributed by atoms with Crippen molar-refractivity contribution < 1.29 is 9.90 Å². The Morgan fingerprint density at radius 3 is 2.88 bits per heavy atom. The highest BCUT2D eigenvalue weighted by molar-refractivity contribution is 5.77. The van der Waals surface area contributed by atoms with Crippen LogP contribution in [0.1, 0.15) is 44.9 Å². The third-order valence-corrected chi connectivity index (χ3v) is 5.11. The lowest BCUT2D eigenvalue weighted by Gasteiger charge is -2.30. The number of rotatable bonds is 7. The minimum Gasteiger partial charge on any atom is -0.396 e. The fourth-order valence-electron chi connectivity index (χ4n) is 3.79. The number of aryl methyl sites for hydroxylation is 1. The van der Waals surface area contributed by atoms with Gasteiger partial charge < -0.3 is 15.0 Å². The number of aromatic nitrogens is 2. The number of hydrogen-bond acceptors (Lipinski definition) is 3. The van der Waals surface area contributed by atoms with Crippen molar-refractivity contribution in [2.24, 2.45) is 5.92 Å². The lowest BCUT2D eigenvalue weighted by Crippen LogP contribution is -2.42. The number of fused-ring (bicyclic) bond motifs is 1. The summed E-state index contributed by atoms with van der Waals surface area (Å²) in [5.74, 6) is 0.584. The molecule has 1 unspecified atom stereocenters. The van der Waals surface area contributed by atoms with Crippen LogP contribution >= 0.6 is 0 Å². The quantitative estimate of drug-likeness (QED) is 0.821. The summed E-state index contributed by atoms with van der Waals surface area (Å²) in [4.78, 5) is 16.7. The van der Waals surface area contributed by atoms with E-state index in [0.717, 1.165) is 23.9 Å². The van der Waals surface area contributed by atoms with Crippen LogP contribution in [-0.4, -0.2) is 33.2 Å². The topological polar surface area (TPSA) is 67.2 Å². The molecule has 0 spiro atoms. The molecule has 2 N–H and O–H groups in total. The summed E-state index contributed by atoms with van der Waals surface area (Å²) >= 11 is 0. The number of carbonyl (C=O) groups is 1. The van der Waals surface area contributed by atoms with Gasteiger partial charge in [0.25, 0.3) is 0 Å². The van der Waals surface area contributed by atoms with Crippen LogP contribution in [0.3, 0.4) is 0 Å². The van der Waals surface area contributed by atoms with Gasteiger partial charge in [-0.2, -0.15) is 0 Å². The van der Waals surface area contributed by atoms with Gasteiger partial charge in [0, 0.05) is 25.6 Å². The van der Waals surface area contributed by atoms with Crippen LogP contribution in [0.15, 0.2) is 30.6 Å². The highest BCUT2D eigenvalue weighted by Gasteiger charge is 2.24. The number of aliphatic hydroxyl groups excluding tert-OH is 1. The van der Waals surface area contributed by atoms with Crippen LogP contribution in [0.2, 0.25) is 0 Å². The molecule has 1 aliphatic carbocycles. The molecule has 0 aliphatic heterocycles. The highest BCUT2D eigenvalue weighted by Crippen LogP contribution is 2.27. The first kappa shape index (κ1) is 17.0. The Kier molecular flexibility index (Phi) is 5.86. The molecule has 1 atom stereocenters. The molecule has 1 fully saturated rings. The minimum atomic E-state index is 0.0665. The van der Waals surface area contributed by atoms with Gasteiger partial charge in [-0.1, -0.05) is 31.4 Å². The Hall–Kier alpha value is -1.88. The summed E-state index contributed by atoms with van der Waals surface area (Å²) < 4.78 is 2.02. The molecule has 0 bridgehead atoms. The van der Waals surface area contributed by atoms with Gasteiger partial charge in [0.15, 0.2) is 0 Å². The number of benzene rings is 1. The number of amides is 1. The molecule has 5 heteroatoms. The molecule has 2 aromatic rings. The molecular formula is C19H27N3O2. The summed E-state index contributed by atoms with van der Waals surface area (Å²) in [7, 11) is 0. The third-order valence-electron chi connectivity index (χ3n) is 5.11. The summed E-state index contributed by atoms with van der Waals surface area (Å²) in [6, 6.07) is 8.07. The monoisotopic (exact) mass is 329 g/mol. The van der Waals surface area contributed by atoms with Crippen molar-refractivity contribution in [1.29, 1.82) is 0 Å². The number of para-hydroxylation sites is 2. The van der Waals surface area contributed by atoms with Crippen molar-refractivity contribution in [1.82, 2.24) is 14.9 Å². The SMILES string of the molecule is O=C(CCn1cnc2ccccc21)NC(CCO)C1CCCCC1. The van der Waals surface area contributed by atoms with Crippen molar-refractivity contribution in [2.45, 2.75) is 57.5 Å². The average molecular weight is 329 g/mol. The first-order valence-corrected chi connectivity index (χ1v) is 9.08. The maximum atomic E-state index is 12.4. The van der Waals surface area contributed by atoms with Gasteiger partial charge in [0.1, 0.15) is 0 Å². The predicted octanol–water partition coefficient (Wildman–Crippen LogP) is 2.87. The standard InChI is InChI=1S/C19H27N3O2/c23-13-11-16(15-6-2-1-3-7-15)21-19(24)10-12-22-14-20-17-8-4-5-9-18(17)22/h4-5,8-9,14-16,23H,1-3,6-7,10-13H2,(H,21,24). The van der Waals surface area contributed by atoms with E-state index in [1.807, 2.05) is 28.8 Å². The van der Waals surface area contributed by atoms with Crippen LogP contribution < -0.4 is 5.32 Å². The van der Waals surface area contributed by atoms with E-state index in [4.69, 9.17) is 0 Å². The smallest absolute Gasteiger partial charge is 0.222 e. The zero-order valence-corrected chi connectivity index (χ0v) is 14.2. The molecule has 1 amide bonds. The van der Waals surface area contributed by atoms with Crippen molar-refractivity contribution in [3.05, 3.63) is 30.6 Å². The number of hydrogen-bond donors (Lipinski definition) is 2. The number of nitrogens with zero attached hydrogens (tertiary/aromatic N) is 2. The van der Waals surface area contributed by atoms with Crippen molar-refractivity contribution >= 4 is 16.9 Å². The fourth-order valence-corrected chi connectivity index (χ4v) is 3.79. The summed E-state index contributed by atoms with van der Waals surface area (Å²) in [5, 5.41) is 12.5. The molecule has 1 heterocycles. The second-order valence-corrected chi connectivity index (χ2v) is 6.76. The third kappa shape index (κ3) is 4.15. The fraction of sp³-hybridized carbons (Fsp3) is 0.579. The number of aliphatic hydroxyl groups is 1. The van der Waals surface area contributed by atoms with Crippen LogP contribution in [0.5, 0.6) is 0 Å². The largest absolute Gasteiger partial charge is 0.396 e. The van der Waals surface area contributed by atoms with Gasteiger partial charge in [-0.3, -0.25) is 4.79 Å². The van der Waals surface area contributed by atoms with E-state index in [-0.39, 0.29) is 18.6 Å². The summed E-state index contributed by atoms with van der Waals surface area (Å²) in [5.41, 5.74) is 2.02. The molecular weight excluding hydrogens is 302 g/mol. The highest BCUT2D eigenvalue weighted by atomic mass is 16.3. The van der Waals surface area contributed by atoms with Crippen LogP contribution in [0, 0.1) is 5.92 Å². The lowest BCUT2D eigenvalue weighted by atomic mass is 9.82. The predicted molar refractivity (Wildman–Crippen MR) is 94.6 cm³/mol. The average Bonchev–Trinajstić information content (AvgIpc) is 3.04. The van der Waals surface area contributed by atoms with Gasteiger partial charge in [-0.15, -0.1) is 0 Å². The number of imidazole rings is 1. The zero-order valence-electron chi connectivity index (χ0n) is 14.2. The van der Waals surface area contributed by atoms with Gasteiger partial charge in [-0.25, -0.2) is 4.98 Å². The van der Waals surface area contributed by atoms with E-state index < -0.39 is 0 Å². The van der Waals surface area contributed by atoms with E-state index in [0.29, 0.717) is 25.3 Å². The second-order valence-electron chi connectivity index (χ2n) is 6.76. The Balaban J connectivity index is 1.55. The van der Waals surface area contributed by atoms with Gasteiger partial charge in [-0.05, 0) is 37.3 Å². The van der Waals surface area contributed by atoms with E-state index in [1.54, 1.807) is 6.33 Å². The Labute approximate surface area is 143 Å². The molecule has 24 heavy (non-hydrogen) atoms. The molecule has 1 aromatic heterocycles. The van der Waals surface area contributed by atoms with Gasteiger partial charge in [0.05, 0.1) is 17.4 Å². The first-order chi connectivity index (χ1) is 11.8. The first-order valence-electron chi connectivity index (χ1n) is 9.08. The van der Waals surface area contributed by atoms with Crippen molar-refractivity contribution in [3.8, 4) is 0 Å². The maximum absolute atomic E-state index is 12.4. The van der Waals surface area contributed by atoms with Crippen LogP contribution in [0.25, 0.3) is 11.0 Å². The Morgan fingerprint density at radius 1 is 1.29 bits per heavy atom. The number of nitrogens with one attached hydrogen (secondary N) is 1. The second kappa shape index (κ2) is 8.29. The number of carbonyl (C=O) groups excluding carboxylic acids is 1. The summed E-state index contributed by atoms with van der Waals surface area (Å²) in [6.07, 6.45) is 8.99. The molecule has 130 valence electrons. The lowest BCUT2D eigenvalue weighted by molar-refractivity contribution is -0.122. The Morgan fingerprint density at radius 2 is 2.08 bits per heavy atom.